The number of carbonyl (C=O) groups is 1. The number of rotatable bonds is 6. The molecule has 196 valence electrons. The van der Waals surface area contributed by atoms with Crippen LogP contribution in [-0.4, -0.2) is 50.1 Å². The Morgan fingerprint density at radius 2 is 1.40 bits per heavy atom. The number of alkyl carbamates (subject to hydrolysis) is 1. The molecule has 0 unspecified atom stereocenters. The van der Waals surface area contributed by atoms with Crippen LogP contribution in [-0.2, 0) is 11.3 Å². The van der Waals surface area contributed by atoms with E-state index in [1.165, 1.54) is 21.3 Å². The number of aryl methyl sites for hydroxylation is 2. The highest BCUT2D eigenvalue weighted by atomic mass is 16.6. The van der Waals surface area contributed by atoms with Crippen LogP contribution < -0.4 is 24.3 Å². The van der Waals surface area contributed by atoms with Crippen LogP contribution >= 0.6 is 0 Å². The molecular formula is C25H40N4O6. The van der Waals surface area contributed by atoms with E-state index in [0.717, 1.165) is 11.4 Å². The number of amides is 1. The van der Waals surface area contributed by atoms with Gasteiger partial charge in [0.1, 0.15) is 23.2 Å². The number of carbonyl (C=O) groups excluding carboxylic acids is 1. The summed E-state index contributed by atoms with van der Waals surface area (Å²) in [6, 6.07) is 5.46. The largest absolute Gasteiger partial charge is 0.496 e. The van der Waals surface area contributed by atoms with Crippen LogP contribution in [0.3, 0.4) is 0 Å². The topological polar surface area (TPSA) is 125 Å². The maximum absolute atomic E-state index is 11.7. The Kier molecular flexibility index (Phi) is 14.5. The molecule has 2 aromatic rings. The van der Waals surface area contributed by atoms with E-state index in [1.54, 1.807) is 40.0 Å². The van der Waals surface area contributed by atoms with E-state index in [9.17, 15) is 4.79 Å². The van der Waals surface area contributed by atoms with Crippen LogP contribution in [0.1, 0.15) is 58.1 Å². The van der Waals surface area contributed by atoms with Gasteiger partial charge in [0.05, 0.1) is 40.5 Å². The summed E-state index contributed by atoms with van der Waals surface area (Å²) in [4.78, 5) is 20.0. The smallest absolute Gasteiger partial charge is 0.407 e. The molecule has 0 spiro atoms. The van der Waals surface area contributed by atoms with Crippen molar-refractivity contribution in [3.8, 4) is 29.3 Å². The number of nitrogens with zero attached hydrogens (tertiary/aromatic N) is 3. The summed E-state index contributed by atoms with van der Waals surface area (Å²) in [5.41, 5.74) is 2.00. The molecule has 0 aliphatic rings. The number of pyridine rings is 2. The molecule has 0 aliphatic heterocycles. The van der Waals surface area contributed by atoms with E-state index in [-0.39, 0.29) is 21.4 Å². The van der Waals surface area contributed by atoms with Gasteiger partial charge in [0.15, 0.2) is 5.56 Å². The van der Waals surface area contributed by atoms with Gasteiger partial charge in [-0.25, -0.2) is 14.8 Å². The molecule has 0 bridgehead atoms. The van der Waals surface area contributed by atoms with Crippen molar-refractivity contribution in [1.29, 1.82) is 5.26 Å². The second kappa shape index (κ2) is 15.2. The van der Waals surface area contributed by atoms with Gasteiger partial charge in [-0.05, 0) is 34.6 Å². The summed E-state index contributed by atoms with van der Waals surface area (Å²) in [7, 11) is 6.07. The standard InChI is InChI=1S/C14H22N2O4.C9H10N2O2.2CH4/c1-9-7-11(18-5)10(12(16-9)19-6)8-15-13(17)20-14(2,3)4;1-6-4-8(12-2)7(5-10)9(11-6)13-3;;/h7H,8H2,1-6H3,(H,15,17);4H,1-3H3;2*1H4. The molecule has 0 saturated carbocycles. The highest BCUT2D eigenvalue weighted by molar-refractivity contribution is 5.68. The van der Waals surface area contributed by atoms with E-state index in [1.807, 2.05) is 19.9 Å². The Balaban J connectivity index is 0. The van der Waals surface area contributed by atoms with Crippen molar-refractivity contribution >= 4 is 6.09 Å². The number of methoxy groups -OCH3 is 4. The maximum Gasteiger partial charge on any atom is 0.407 e. The summed E-state index contributed by atoms with van der Waals surface area (Å²) in [5, 5.41) is 11.5. The van der Waals surface area contributed by atoms with E-state index in [0.29, 0.717) is 34.4 Å². The number of hydrogen-bond acceptors (Lipinski definition) is 9. The zero-order chi connectivity index (χ0) is 25.2. The molecular weight excluding hydrogens is 452 g/mol. The molecule has 2 heterocycles. The van der Waals surface area contributed by atoms with Crippen molar-refractivity contribution in [2.45, 2.75) is 61.6 Å². The minimum atomic E-state index is -0.538. The number of nitriles is 1. The lowest BCUT2D eigenvalue weighted by atomic mass is 10.2. The fourth-order valence-electron chi connectivity index (χ4n) is 2.66. The average Bonchev–Trinajstić information content (AvgIpc) is 2.75. The van der Waals surface area contributed by atoms with Gasteiger partial charge in [0.2, 0.25) is 11.8 Å². The third kappa shape index (κ3) is 10.4. The molecule has 1 amide bonds. The van der Waals surface area contributed by atoms with Crippen LogP contribution in [0.15, 0.2) is 12.1 Å². The molecule has 0 aliphatic carbocycles. The Bertz CT molecular complexity index is 946. The van der Waals surface area contributed by atoms with Crippen LogP contribution in [0.2, 0.25) is 0 Å². The first-order chi connectivity index (χ1) is 15.5. The lowest BCUT2D eigenvalue weighted by molar-refractivity contribution is 0.0523. The van der Waals surface area contributed by atoms with Crippen LogP contribution in [0.4, 0.5) is 4.79 Å². The minimum absolute atomic E-state index is 0. The first-order valence-electron chi connectivity index (χ1n) is 10.0. The van der Waals surface area contributed by atoms with E-state index in [2.05, 4.69) is 15.3 Å². The molecule has 0 fully saturated rings. The highest BCUT2D eigenvalue weighted by Crippen LogP contribution is 2.28. The normalized spacial score (nSPS) is 9.60. The number of aromatic nitrogens is 2. The second-order valence-corrected chi connectivity index (χ2v) is 7.77. The van der Waals surface area contributed by atoms with Crippen molar-refractivity contribution in [3.05, 3.63) is 34.6 Å². The lowest BCUT2D eigenvalue weighted by Gasteiger charge is -2.20. The molecule has 0 saturated heterocycles. The van der Waals surface area contributed by atoms with Crippen LogP contribution in [0.5, 0.6) is 23.3 Å². The first-order valence-corrected chi connectivity index (χ1v) is 10.0. The van der Waals surface area contributed by atoms with Gasteiger partial charge >= 0.3 is 6.09 Å². The fraction of sp³-hybridized carbons (Fsp3) is 0.520. The Morgan fingerprint density at radius 1 is 0.914 bits per heavy atom. The van der Waals surface area contributed by atoms with E-state index in [4.69, 9.17) is 28.9 Å². The highest BCUT2D eigenvalue weighted by Gasteiger charge is 2.18. The Hall–Kier alpha value is -3.74. The average molecular weight is 493 g/mol. The van der Waals surface area contributed by atoms with Crippen LogP contribution in [0.25, 0.3) is 0 Å². The minimum Gasteiger partial charge on any atom is -0.496 e. The van der Waals surface area contributed by atoms with Crippen molar-refractivity contribution in [2.75, 3.05) is 28.4 Å². The first kappa shape index (κ1) is 33.4. The fourth-order valence-corrected chi connectivity index (χ4v) is 2.66. The van der Waals surface area contributed by atoms with Crippen molar-refractivity contribution in [3.63, 3.8) is 0 Å². The quantitative estimate of drug-likeness (QED) is 0.594. The zero-order valence-corrected chi connectivity index (χ0v) is 20.7. The van der Waals surface area contributed by atoms with Crippen molar-refractivity contribution in [1.82, 2.24) is 15.3 Å². The predicted molar refractivity (Wildman–Crippen MR) is 135 cm³/mol. The number of hydrogen-bond donors (Lipinski definition) is 1. The molecule has 1 N–H and O–H groups in total. The second-order valence-electron chi connectivity index (χ2n) is 7.77. The molecule has 0 aromatic carbocycles. The van der Waals surface area contributed by atoms with Crippen LogP contribution in [0, 0.1) is 25.2 Å². The molecule has 0 radical (unpaired) electrons. The SMILES string of the molecule is C.C.COc1cc(C)nc(OC)c1C#N.COc1cc(C)nc(OC)c1CNC(=O)OC(C)(C)C. The third-order valence-electron chi connectivity index (χ3n) is 4.00. The molecule has 0 atom stereocenters. The maximum atomic E-state index is 11.7. The van der Waals surface area contributed by atoms with E-state index >= 15 is 0 Å². The number of ether oxygens (including phenoxy) is 5. The number of nitrogens with one attached hydrogen (secondary N) is 1. The summed E-state index contributed by atoms with van der Waals surface area (Å²) in [5.74, 6) is 1.84. The summed E-state index contributed by atoms with van der Waals surface area (Å²) >= 11 is 0. The predicted octanol–water partition coefficient (Wildman–Crippen LogP) is 4.98. The Morgan fingerprint density at radius 3 is 1.83 bits per heavy atom. The van der Waals surface area contributed by atoms with Gasteiger partial charge in [-0.1, -0.05) is 14.9 Å². The van der Waals surface area contributed by atoms with Crippen molar-refractivity contribution in [2.24, 2.45) is 0 Å². The molecule has 2 rings (SSSR count). The molecule has 10 heteroatoms. The van der Waals surface area contributed by atoms with Gasteiger partial charge < -0.3 is 29.0 Å². The summed E-state index contributed by atoms with van der Waals surface area (Å²) in [6.45, 7) is 9.29. The Labute approximate surface area is 209 Å². The van der Waals surface area contributed by atoms with Gasteiger partial charge in [-0.15, -0.1) is 0 Å². The molecule has 35 heavy (non-hydrogen) atoms. The van der Waals surface area contributed by atoms with Crippen molar-refractivity contribution < 1.29 is 28.5 Å². The van der Waals surface area contributed by atoms with Gasteiger partial charge in [-0.3, -0.25) is 0 Å². The summed E-state index contributed by atoms with van der Waals surface area (Å²) in [6.07, 6.45) is -0.498. The monoisotopic (exact) mass is 492 g/mol. The summed E-state index contributed by atoms with van der Waals surface area (Å²) < 4.78 is 25.6. The van der Waals surface area contributed by atoms with E-state index < -0.39 is 11.7 Å². The third-order valence-corrected chi connectivity index (χ3v) is 4.00. The van der Waals surface area contributed by atoms with Gasteiger partial charge in [0, 0.05) is 23.5 Å². The zero-order valence-electron chi connectivity index (χ0n) is 20.7. The lowest BCUT2D eigenvalue weighted by Crippen LogP contribution is -2.32. The van der Waals surface area contributed by atoms with Gasteiger partial charge in [-0.2, -0.15) is 5.26 Å². The molecule has 2 aromatic heterocycles. The molecule has 10 nitrogen and oxygen atoms in total. The van der Waals surface area contributed by atoms with Gasteiger partial charge in [0.25, 0.3) is 0 Å².